The number of piperidine rings is 1. The number of aromatic amines is 1. The summed E-state index contributed by atoms with van der Waals surface area (Å²) in [4.78, 5) is 2.43. The summed E-state index contributed by atoms with van der Waals surface area (Å²) in [6.45, 7) is 9.44. The molecule has 1 N–H and O–H groups in total. The first-order valence-electron chi connectivity index (χ1n) is 9.04. The summed E-state index contributed by atoms with van der Waals surface area (Å²) in [5.41, 5.74) is 2.21. The number of H-pyrrole nitrogens is 1. The Balaban J connectivity index is 1.74. The van der Waals surface area contributed by atoms with Gasteiger partial charge in [-0.15, -0.1) is 0 Å². The molecule has 3 aliphatic heterocycles. The summed E-state index contributed by atoms with van der Waals surface area (Å²) < 4.78 is 28.1. The predicted octanol–water partition coefficient (Wildman–Crippen LogP) is 1.41. The van der Waals surface area contributed by atoms with Crippen molar-refractivity contribution in [3.05, 3.63) is 17.5 Å². The van der Waals surface area contributed by atoms with Crippen LogP contribution in [0.15, 0.2) is 6.07 Å². The van der Waals surface area contributed by atoms with Crippen molar-refractivity contribution in [1.82, 2.24) is 23.7 Å². The van der Waals surface area contributed by atoms with E-state index >= 15 is 0 Å². The van der Waals surface area contributed by atoms with Crippen LogP contribution in [0.3, 0.4) is 0 Å². The highest BCUT2D eigenvalue weighted by Crippen LogP contribution is 2.31. The van der Waals surface area contributed by atoms with Crippen LogP contribution >= 0.6 is 0 Å². The summed E-state index contributed by atoms with van der Waals surface area (Å²) in [5, 5.41) is 7.62. The van der Waals surface area contributed by atoms with Gasteiger partial charge < -0.3 is 0 Å². The number of rotatable bonds is 4. The highest BCUT2D eigenvalue weighted by atomic mass is 32.2. The van der Waals surface area contributed by atoms with Crippen LogP contribution in [0.5, 0.6) is 0 Å². The number of hydrogen-bond acceptors (Lipinski definition) is 4. The van der Waals surface area contributed by atoms with Gasteiger partial charge in [-0.3, -0.25) is 10.00 Å². The summed E-state index contributed by atoms with van der Waals surface area (Å²) in [6, 6.07) is 2.42. The average molecular weight is 370 g/mol. The third-order valence-electron chi connectivity index (χ3n) is 5.35. The second-order valence-corrected chi connectivity index (χ2v) is 10.8. The lowest BCUT2D eigenvalue weighted by Gasteiger charge is -2.35. The zero-order valence-electron chi connectivity index (χ0n) is 16.0. The molecule has 0 unspecified atom stereocenters. The minimum Gasteiger partial charge on any atom is -0.293 e. The minimum absolute atomic E-state index is 0.0309. The Morgan fingerprint density at radius 2 is 1.96 bits per heavy atom. The first kappa shape index (κ1) is 18.8. The van der Waals surface area contributed by atoms with Crippen molar-refractivity contribution < 1.29 is 8.42 Å². The van der Waals surface area contributed by atoms with Gasteiger partial charge in [0.25, 0.3) is 10.2 Å². The fraction of sp³-hybridized carbons (Fsp3) is 0.824. The molecule has 25 heavy (non-hydrogen) atoms. The van der Waals surface area contributed by atoms with Gasteiger partial charge in [-0.2, -0.15) is 22.1 Å². The zero-order chi connectivity index (χ0) is 18.4. The maximum absolute atomic E-state index is 12.6. The molecule has 0 radical (unpaired) electrons. The van der Waals surface area contributed by atoms with Crippen LogP contribution in [0.2, 0.25) is 0 Å². The van der Waals surface area contributed by atoms with Gasteiger partial charge in [0, 0.05) is 57.4 Å². The van der Waals surface area contributed by atoms with Crippen molar-refractivity contribution in [2.24, 2.45) is 5.92 Å². The molecule has 0 aliphatic carbocycles. The topological polar surface area (TPSA) is 72.5 Å². The fourth-order valence-electron chi connectivity index (χ4n) is 3.79. The minimum atomic E-state index is -3.34. The third kappa shape index (κ3) is 3.92. The molecule has 2 bridgehead atoms. The van der Waals surface area contributed by atoms with Gasteiger partial charge in [0.2, 0.25) is 0 Å². The van der Waals surface area contributed by atoms with Crippen molar-refractivity contribution >= 4 is 10.2 Å². The van der Waals surface area contributed by atoms with E-state index in [0.717, 1.165) is 37.3 Å². The summed E-state index contributed by atoms with van der Waals surface area (Å²) in [7, 11) is -0.122. The van der Waals surface area contributed by atoms with Gasteiger partial charge in [-0.25, -0.2) is 0 Å². The van der Waals surface area contributed by atoms with E-state index in [4.69, 9.17) is 0 Å². The molecule has 2 atom stereocenters. The molecule has 1 aromatic rings. The molecule has 0 aromatic carbocycles. The van der Waals surface area contributed by atoms with Crippen LogP contribution in [-0.4, -0.2) is 71.9 Å². The van der Waals surface area contributed by atoms with Gasteiger partial charge >= 0.3 is 0 Å². The monoisotopic (exact) mass is 369 g/mol. The van der Waals surface area contributed by atoms with Crippen LogP contribution in [0.4, 0.5) is 0 Å². The number of hydrogen-bond donors (Lipinski definition) is 1. The highest BCUT2D eigenvalue weighted by Gasteiger charge is 2.39. The quantitative estimate of drug-likeness (QED) is 0.871. The van der Waals surface area contributed by atoms with Gasteiger partial charge in [0.1, 0.15) is 0 Å². The maximum atomic E-state index is 12.6. The molecule has 3 saturated heterocycles. The number of nitrogens with zero attached hydrogens (tertiary/aromatic N) is 4. The van der Waals surface area contributed by atoms with Crippen LogP contribution in [0.1, 0.15) is 45.0 Å². The fourth-order valence-corrected chi connectivity index (χ4v) is 5.02. The molecule has 0 saturated carbocycles. The first-order chi connectivity index (χ1) is 11.6. The van der Waals surface area contributed by atoms with Crippen molar-refractivity contribution in [3.8, 4) is 0 Å². The standard InChI is InChI=1S/C17H31N5O2S/c1-17(2,3)16-8-14(18-19-16)11-21-9-13-6-7-15(21)12-22(10-13)25(23,24)20(4)5/h8,13,15H,6-7,9-12H2,1-5H3,(H,18,19)/t13-,15-/m1/s1. The zero-order valence-corrected chi connectivity index (χ0v) is 16.8. The van der Waals surface area contributed by atoms with Gasteiger partial charge in [0.05, 0.1) is 5.69 Å². The molecule has 3 fully saturated rings. The molecule has 3 aliphatic rings. The molecule has 4 rings (SSSR count). The van der Waals surface area contributed by atoms with Gasteiger partial charge in [-0.1, -0.05) is 20.8 Å². The highest BCUT2D eigenvalue weighted by molar-refractivity contribution is 7.86. The van der Waals surface area contributed by atoms with E-state index < -0.39 is 10.2 Å². The van der Waals surface area contributed by atoms with Crippen molar-refractivity contribution in [1.29, 1.82) is 0 Å². The van der Waals surface area contributed by atoms with E-state index in [2.05, 4.69) is 41.9 Å². The Bertz CT molecular complexity index is 707. The van der Waals surface area contributed by atoms with E-state index in [9.17, 15) is 8.42 Å². The Kier molecular flexibility index (Phi) is 5.00. The van der Waals surface area contributed by atoms with Crippen LogP contribution < -0.4 is 0 Å². The molecule has 7 nitrogen and oxygen atoms in total. The van der Waals surface area contributed by atoms with Crippen LogP contribution in [0.25, 0.3) is 0 Å². The average Bonchev–Trinajstić information content (AvgIpc) is 2.79. The summed E-state index contributed by atoms with van der Waals surface area (Å²) >= 11 is 0. The Hall–Kier alpha value is -0.960. The number of aromatic nitrogens is 2. The predicted molar refractivity (Wildman–Crippen MR) is 98.4 cm³/mol. The van der Waals surface area contributed by atoms with Crippen molar-refractivity contribution in [2.45, 2.75) is 51.6 Å². The van der Waals surface area contributed by atoms with E-state index in [1.165, 1.54) is 4.31 Å². The maximum Gasteiger partial charge on any atom is 0.281 e. The second-order valence-electron chi connectivity index (χ2n) is 8.66. The lowest BCUT2D eigenvalue weighted by molar-refractivity contribution is 0.123. The van der Waals surface area contributed by atoms with Crippen LogP contribution in [0, 0.1) is 5.92 Å². The third-order valence-corrected chi connectivity index (χ3v) is 7.23. The molecule has 0 spiro atoms. The lowest BCUT2D eigenvalue weighted by Crippen LogP contribution is -2.45. The molecule has 4 heterocycles. The van der Waals surface area contributed by atoms with E-state index in [1.807, 2.05) is 0 Å². The second kappa shape index (κ2) is 6.64. The van der Waals surface area contributed by atoms with Gasteiger partial charge in [0.15, 0.2) is 0 Å². The number of nitrogens with one attached hydrogen (secondary N) is 1. The van der Waals surface area contributed by atoms with Crippen LogP contribution in [-0.2, 0) is 22.2 Å². The van der Waals surface area contributed by atoms with E-state index in [-0.39, 0.29) is 11.5 Å². The van der Waals surface area contributed by atoms with E-state index in [1.54, 1.807) is 18.4 Å². The van der Waals surface area contributed by atoms with Crippen molar-refractivity contribution in [2.75, 3.05) is 33.7 Å². The summed E-state index contributed by atoms with van der Waals surface area (Å²) in [5.74, 6) is 0.401. The van der Waals surface area contributed by atoms with E-state index in [0.29, 0.717) is 19.0 Å². The largest absolute Gasteiger partial charge is 0.293 e. The Morgan fingerprint density at radius 3 is 2.56 bits per heavy atom. The molecule has 8 heteroatoms. The van der Waals surface area contributed by atoms with Crippen molar-refractivity contribution in [3.63, 3.8) is 0 Å². The normalized spacial score (nSPS) is 26.3. The smallest absolute Gasteiger partial charge is 0.281 e. The molecule has 0 amide bonds. The molecule has 1 aromatic heterocycles. The Morgan fingerprint density at radius 1 is 1.24 bits per heavy atom. The van der Waals surface area contributed by atoms with Gasteiger partial charge in [-0.05, 0) is 24.8 Å². The Labute approximate surface area is 151 Å². The lowest BCUT2D eigenvalue weighted by atomic mass is 9.92. The summed E-state index contributed by atoms with van der Waals surface area (Å²) in [6.07, 6.45) is 2.17. The first-order valence-corrected chi connectivity index (χ1v) is 10.4. The molecular weight excluding hydrogens is 338 g/mol. The SMILES string of the molecule is CN(C)S(=O)(=O)N1C[C@@H]2CC[C@H](C1)N(Cc1cc(C(C)(C)C)n[nH]1)C2. The molecular formula is C17H31N5O2S. The molecule has 142 valence electrons. The number of fused-ring (bicyclic) bond motifs is 4.